The van der Waals surface area contributed by atoms with Crippen molar-refractivity contribution in [2.75, 3.05) is 26.7 Å². The highest BCUT2D eigenvalue weighted by Gasteiger charge is 2.24. The molecule has 0 aliphatic carbocycles. The third kappa shape index (κ3) is 5.54. The van der Waals surface area contributed by atoms with Gasteiger partial charge in [-0.3, -0.25) is 4.79 Å². The molecule has 0 saturated carbocycles. The van der Waals surface area contributed by atoms with E-state index in [0.717, 1.165) is 11.3 Å². The van der Waals surface area contributed by atoms with E-state index >= 15 is 0 Å². The van der Waals surface area contributed by atoms with Crippen LogP contribution in [-0.4, -0.2) is 51.1 Å². The summed E-state index contributed by atoms with van der Waals surface area (Å²) in [6.07, 6.45) is 0.646. The molecule has 148 valence electrons. The first kappa shape index (κ1) is 20.9. The van der Waals surface area contributed by atoms with Crippen molar-refractivity contribution in [1.29, 1.82) is 0 Å². The third-order valence-electron chi connectivity index (χ3n) is 4.16. The Morgan fingerprint density at radius 1 is 1.30 bits per heavy atom. The minimum atomic E-state index is -3.74. The number of aromatic nitrogens is 1. The summed E-state index contributed by atoms with van der Waals surface area (Å²) in [5.74, 6) is 0.880. The highest BCUT2D eigenvalue weighted by atomic mass is 32.2. The first-order chi connectivity index (χ1) is 12.7. The maximum atomic E-state index is 12.4. The number of methoxy groups -OCH3 is 1. The maximum Gasteiger partial charge on any atom is 0.246 e. The van der Waals surface area contributed by atoms with Gasteiger partial charge >= 0.3 is 0 Å². The quantitative estimate of drug-likeness (QED) is 0.693. The standard InChI is InChI=1S/C18H25N3O5S/c1-13-18(14(2)26-20-13)27(23,24)19-9-11-21(15(3)22)10-8-16-6-5-7-17(12-16)25-4/h5-7,12,19H,8-11H2,1-4H3. The molecule has 1 aromatic heterocycles. The molecule has 8 nitrogen and oxygen atoms in total. The molecule has 27 heavy (non-hydrogen) atoms. The minimum Gasteiger partial charge on any atom is -0.497 e. The van der Waals surface area contributed by atoms with Crippen LogP contribution < -0.4 is 9.46 Å². The fourth-order valence-electron chi connectivity index (χ4n) is 2.76. The van der Waals surface area contributed by atoms with Crippen molar-refractivity contribution in [3.8, 4) is 5.75 Å². The van der Waals surface area contributed by atoms with Crippen molar-refractivity contribution >= 4 is 15.9 Å². The van der Waals surface area contributed by atoms with Gasteiger partial charge in [-0.15, -0.1) is 0 Å². The summed E-state index contributed by atoms with van der Waals surface area (Å²) < 4.78 is 37.4. The number of rotatable bonds is 9. The normalized spacial score (nSPS) is 11.4. The van der Waals surface area contributed by atoms with Gasteiger partial charge in [0.1, 0.15) is 16.3 Å². The molecule has 1 N–H and O–H groups in total. The van der Waals surface area contributed by atoms with Crippen LogP contribution in [0.25, 0.3) is 0 Å². The van der Waals surface area contributed by atoms with Crippen LogP contribution in [0.3, 0.4) is 0 Å². The molecule has 2 aromatic rings. The number of ether oxygens (including phenoxy) is 1. The second-order valence-electron chi connectivity index (χ2n) is 6.16. The molecule has 0 aliphatic heterocycles. The number of carbonyl (C=O) groups is 1. The molecular formula is C18H25N3O5S. The number of benzene rings is 1. The molecular weight excluding hydrogens is 370 g/mol. The largest absolute Gasteiger partial charge is 0.497 e. The van der Waals surface area contributed by atoms with Crippen LogP contribution in [0.4, 0.5) is 0 Å². The van der Waals surface area contributed by atoms with Crippen LogP contribution in [0.2, 0.25) is 0 Å². The zero-order chi connectivity index (χ0) is 20.0. The minimum absolute atomic E-state index is 0.0493. The Kier molecular flexibility index (Phi) is 6.98. The van der Waals surface area contributed by atoms with Crippen molar-refractivity contribution in [3.63, 3.8) is 0 Å². The molecule has 9 heteroatoms. The number of amides is 1. The van der Waals surface area contributed by atoms with E-state index in [1.165, 1.54) is 6.92 Å². The fraction of sp³-hybridized carbons (Fsp3) is 0.444. The number of nitrogens with zero attached hydrogens (tertiary/aromatic N) is 2. The lowest BCUT2D eigenvalue weighted by Gasteiger charge is -2.21. The Hall–Kier alpha value is -2.39. The summed E-state index contributed by atoms with van der Waals surface area (Å²) in [6, 6.07) is 7.62. The number of nitrogens with one attached hydrogen (secondary N) is 1. The summed E-state index contributed by atoms with van der Waals surface area (Å²) in [4.78, 5) is 13.5. The number of hydrogen-bond donors (Lipinski definition) is 1. The Morgan fingerprint density at radius 2 is 2.04 bits per heavy atom. The highest BCUT2D eigenvalue weighted by molar-refractivity contribution is 7.89. The van der Waals surface area contributed by atoms with Gasteiger partial charge in [-0.2, -0.15) is 0 Å². The number of sulfonamides is 1. The van der Waals surface area contributed by atoms with Gasteiger partial charge in [-0.1, -0.05) is 17.3 Å². The van der Waals surface area contributed by atoms with Crippen molar-refractivity contribution in [3.05, 3.63) is 41.3 Å². The molecule has 0 spiro atoms. The van der Waals surface area contributed by atoms with E-state index in [4.69, 9.17) is 9.26 Å². The van der Waals surface area contributed by atoms with Crippen LogP contribution in [0, 0.1) is 13.8 Å². The van der Waals surface area contributed by atoms with Crippen LogP contribution >= 0.6 is 0 Å². The molecule has 0 aliphatic rings. The zero-order valence-corrected chi connectivity index (χ0v) is 16.8. The number of aryl methyl sites for hydroxylation is 2. The summed E-state index contributed by atoms with van der Waals surface area (Å²) in [6.45, 7) is 5.43. The van der Waals surface area contributed by atoms with Gasteiger partial charge in [-0.25, -0.2) is 13.1 Å². The van der Waals surface area contributed by atoms with Crippen LogP contribution in [0.5, 0.6) is 5.75 Å². The van der Waals surface area contributed by atoms with Gasteiger partial charge in [0.05, 0.1) is 7.11 Å². The molecule has 0 unspecified atom stereocenters. The lowest BCUT2D eigenvalue weighted by molar-refractivity contribution is -0.128. The summed E-state index contributed by atoms with van der Waals surface area (Å²) >= 11 is 0. The van der Waals surface area contributed by atoms with Gasteiger partial charge in [-0.05, 0) is 38.0 Å². The molecule has 0 bridgehead atoms. The number of carbonyl (C=O) groups excluding carboxylic acids is 1. The fourth-order valence-corrected chi connectivity index (χ4v) is 4.11. The smallest absolute Gasteiger partial charge is 0.246 e. The van der Waals surface area contributed by atoms with Gasteiger partial charge in [0.25, 0.3) is 0 Å². The molecule has 0 radical (unpaired) electrons. The second kappa shape index (κ2) is 9.01. The summed E-state index contributed by atoms with van der Waals surface area (Å²) in [5, 5.41) is 3.66. The topological polar surface area (TPSA) is 102 Å². The van der Waals surface area contributed by atoms with E-state index < -0.39 is 10.0 Å². The summed E-state index contributed by atoms with van der Waals surface area (Å²) in [7, 11) is -2.13. The predicted octanol–water partition coefficient (Wildman–Crippen LogP) is 1.67. The van der Waals surface area contributed by atoms with Crippen molar-refractivity contribution < 1.29 is 22.5 Å². The molecule has 2 rings (SSSR count). The van der Waals surface area contributed by atoms with Crippen LogP contribution in [-0.2, 0) is 21.2 Å². The Morgan fingerprint density at radius 3 is 2.63 bits per heavy atom. The Balaban J connectivity index is 1.93. The zero-order valence-electron chi connectivity index (χ0n) is 16.0. The average Bonchev–Trinajstić information content (AvgIpc) is 2.97. The first-order valence-electron chi connectivity index (χ1n) is 8.55. The van der Waals surface area contributed by atoms with Crippen molar-refractivity contribution in [1.82, 2.24) is 14.8 Å². The van der Waals surface area contributed by atoms with Crippen molar-refractivity contribution in [2.24, 2.45) is 0 Å². The molecule has 1 amide bonds. The Labute approximate surface area is 159 Å². The van der Waals surface area contributed by atoms with E-state index in [-0.39, 0.29) is 29.7 Å². The van der Waals surface area contributed by atoms with Gasteiger partial charge in [0, 0.05) is 26.6 Å². The van der Waals surface area contributed by atoms with Crippen LogP contribution in [0.15, 0.2) is 33.7 Å². The lowest BCUT2D eigenvalue weighted by atomic mass is 10.1. The molecule has 1 heterocycles. The third-order valence-corrected chi connectivity index (χ3v) is 5.86. The number of hydrogen-bond acceptors (Lipinski definition) is 6. The predicted molar refractivity (Wildman–Crippen MR) is 100 cm³/mol. The van der Waals surface area contributed by atoms with E-state index in [1.807, 2.05) is 24.3 Å². The Bertz CT molecular complexity index is 873. The maximum absolute atomic E-state index is 12.4. The van der Waals surface area contributed by atoms with Crippen molar-refractivity contribution in [2.45, 2.75) is 32.1 Å². The van der Waals surface area contributed by atoms with Gasteiger partial charge in [0.2, 0.25) is 15.9 Å². The lowest BCUT2D eigenvalue weighted by Crippen LogP contribution is -2.38. The van der Waals surface area contributed by atoms with E-state index in [9.17, 15) is 13.2 Å². The van der Waals surface area contributed by atoms with Gasteiger partial charge < -0.3 is 14.2 Å². The average molecular weight is 395 g/mol. The van der Waals surface area contributed by atoms with Crippen LogP contribution in [0.1, 0.15) is 23.9 Å². The molecule has 1 aromatic carbocycles. The second-order valence-corrected chi connectivity index (χ2v) is 7.86. The molecule has 0 fully saturated rings. The van der Waals surface area contributed by atoms with E-state index in [0.29, 0.717) is 18.7 Å². The SMILES string of the molecule is COc1cccc(CCN(CCNS(=O)(=O)c2c(C)noc2C)C(C)=O)c1. The summed E-state index contributed by atoms with van der Waals surface area (Å²) in [5.41, 5.74) is 1.35. The molecule has 0 saturated heterocycles. The van der Waals surface area contributed by atoms with E-state index in [1.54, 1.807) is 25.9 Å². The molecule has 0 atom stereocenters. The monoisotopic (exact) mass is 395 g/mol. The first-order valence-corrected chi connectivity index (χ1v) is 10.0. The van der Waals surface area contributed by atoms with E-state index in [2.05, 4.69) is 9.88 Å². The van der Waals surface area contributed by atoms with Gasteiger partial charge in [0.15, 0.2) is 5.76 Å². The highest BCUT2D eigenvalue weighted by Crippen LogP contribution is 2.18.